The predicted molar refractivity (Wildman–Crippen MR) is 76.9 cm³/mol. The minimum absolute atomic E-state index is 0.223. The van der Waals surface area contributed by atoms with Crippen LogP contribution in [0.2, 0.25) is 0 Å². The number of aryl methyl sites for hydroxylation is 3. The van der Waals surface area contributed by atoms with Gasteiger partial charge in [-0.1, -0.05) is 31.5 Å². The minimum atomic E-state index is -1.19. The van der Waals surface area contributed by atoms with E-state index in [1.54, 1.807) is 6.92 Å². The molecule has 0 aromatic heterocycles. The Morgan fingerprint density at radius 3 is 2.30 bits per heavy atom. The number of hydrogen-bond donors (Lipinski definition) is 1. The Hall–Kier alpha value is -1.90. The van der Waals surface area contributed by atoms with Crippen molar-refractivity contribution in [3.63, 3.8) is 0 Å². The van der Waals surface area contributed by atoms with Crippen molar-refractivity contribution in [2.75, 3.05) is 0 Å². The molecule has 2 rings (SSSR count). The predicted octanol–water partition coefficient (Wildman–Crippen LogP) is 4.91. The zero-order valence-electron chi connectivity index (χ0n) is 11.9. The lowest BCUT2D eigenvalue weighted by atomic mass is 9.93. The van der Waals surface area contributed by atoms with E-state index >= 15 is 0 Å². The van der Waals surface area contributed by atoms with E-state index in [1.807, 2.05) is 25.1 Å². The van der Waals surface area contributed by atoms with Crippen LogP contribution in [0.4, 0.5) is 8.78 Å². The quantitative estimate of drug-likeness (QED) is 0.844. The highest BCUT2D eigenvalue weighted by atomic mass is 19.2. The van der Waals surface area contributed by atoms with Crippen LogP contribution >= 0.6 is 0 Å². The van der Waals surface area contributed by atoms with Crippen molar-refractivity contribution in [2.24, 2.45) is 0 Å². The molecule has 0 aliphatic carbocycles. The normalized spacial score (nSPS) is 10.8. The van der Waals surface area contributed by atoms with Crippen LogP contribution in [0.1, 0.15) is 30.0 Å². The van der Waals surface area contributed by atoms with Crippen molar-refractivity contribution in [3.8, 4) is 16.9 Å². The van der Waals surface area contributed by atoms with Gasteiger partial charge in [0.15, 0.2) is 11.6 Å². The van der Waals surface area contributed by atoms with Gasteiger partial charge in [0.05, 0.1) is 0 Å². The summed E-state index contributed by atoms with van der Waals surface area (Å²) in [5.74, 6) is -2.83. The molecule has 0 radical (unpaired) electrons. The maximum atomic E-state index is 14.1. The molecule has 1 nitrogen and oxygen atoms in total. The average Bonchev–Trinajstić information content (AvgIpc) is 2.39. The van der Waals surface area contributed by atoms with Gasteiger partial charge in [-0.2, -0.15) is 4.39 Å². The van der Waals surface area contributed by atoms with Gasteiger partial charge in [0.1, 0.15) is 0 Å². The summed E-state index contributed by atoms with van der Waals surface area (Å²) in [7, 11) is 0. The molecule has 0 spiro atoms. The van der Waals surface area contributed by atoms with Crippen molar-refractivity contribution >= 4 is 0 Å². The highest BCUT2D eigenvalue weighted by Crippen LogP contribution is 2.34. The van der Waals surface area contributed by atoms with Crippen LogP contribution in [0.3, 0.4) is 0 Å². The van der Waals surface area contributed by atoms with Crippen molar-refractivity contribution < 1.29 is 13.9 Å². The molecule has 3 heteroatoms. The van der Waals surface area contributed by atoms with Gasteiger partial charge in [-0.15, -0.1) is 0 Å². The molecule has 0 aliphatic rings. The molecule has 0 fully saturated rings. The summed E-state index contributed by atoms with van der Waals surface area (Å²) >= 11 is 0. The van der Waals surface area contributed by atoms with E-state index in [0.717, 1.165) is 18.4 Å². The van der Waals surface area contributed by atoms with Gasteiger partial charge in [-0.25, -0.2) is 4.39 Å². The van der Waals surface area contributed by atoms with E-state index < -0.39 is 17.4 Å². The molecule has 2 aromatic carbocycles. The van der Waals surface area contributed by atoms with Gasteiger partial charge in [-0.3, -0.25) is 0 Å². The summed E-state index contributed by atoms with van der Waals surface area (Å²) in [6.07, 6.45) is 2.01. The first-order valence-corrected chi connectivity index (χ1v) is 6.73. The van der Waals surface area contributed by atoms with Crippen LogP contribution in [0, 0.1) is 25.5 Å². The van der Waals surface area contributed by atoms with Crippen molar-refractivity contribution in [2.45, 2.75) is 33.6 Å². The zero-order chi connectivity index (χ0) is 14.9. The van der Waals surface area contributed by atoms with Gasteiger partial charge >= 0.3 is 0 Å². The molecule has 0 saturated carbocycles. The molecule has 0 aliphatic heterocycles. The Bertz CT molecular complexity index is 648. The Balaban J connectivity index is 2.60. The molecular weight excluding hydrogens is 258 g/mol. The number of phenols is 1. The smallest absolute Gasteiger partial charge is 0.201 e. The maximum absolute atomic E-state index is 14.1. The lowest BCUT2D eigenvalue weighted by Crippen LogP contribution is -1.97. The Kier molecular flexibility index (Phi) is 4.07. The van der Waals surface area contributed by atoms with Gasteiger partial charge in [0.2, 0.25) is 5.82 Å². The van der Waals surface area contributed by atoms with Crippen LogP contribution in [0.5, 0.6) is 5.75 Å². The molecule has 0 atom stereocenters. The second kappa shape index (κ2) is 5.61. The largest absolute Gasteiger partial charge is 0.505 e. The minimum Gasteiger partial charge on any atom is -0.505 e. The van der Waals surface area contributed by atoms with E-state index in [2.05, 4.69) is 6.92 Å². The average molecular weight is 276 g/mol. The van der Waals surface area contributed by atoms with Gasteiger partial charge in [0.25, 0.3) is 0 Å². The number of phenolic OH excluding ortho intramolecular Hbond substituents is 1. The summed E-state index contributed by atoms with van der Waals surface area (Å²) < 4.78 is 27.7. The third-order valence-corrected chi connectivity index (χ3v) is 3.48. The summed E-state index contributed by atoms with van der Waals surface area (Å²) in [6.45, 7) is 5.65. The Labute approximate surface area is 117 Å². The van der Waals surface area contributed by atoms with Crippen molar-refractivity contribution in [1.29, 1.82) is 0 Å². The fourth-order valence-electron chi connectivity index (χ4n) is 2.52. The number of rotatable bonds is 3. The number of benzene rings is 2. The molecular formula is C17H18F2O. The van der Waals surface area contributed by atoms with E-state index in [0.29, 0.717) is 11.1 Å². The molecule has 0 heterocycles. The second-order valence-corrected chi connectivity index (χ2v) is 5.11. The second-order valence-electron chi connectivity index (χ2n) is 5.11. The van der Waals surface area contributed by atoms with E-state index in [4.69, 9.17) is 0 Å². The molecule has 1 N–H and O–H groups in total. The van der Waals surface area contributed by atoms with Crippen LogP contribution in [0.15, 0.2) is 24.3 Å². The summed E-state index contributed by atoms with van der Waals surface area (Å²) in [5, 5.41) is 9.32. The van der Waals surface area contributed by atoms with Crippen LogP contribution < -0.4 is 0 Å². The molecule has 20 heavy (non-hydrogen) atoms. The van der Waals surface area contributed by atoms with E-state index in [-0.39, 0.29) is 5.56 Å². The Morgan fingerprint density at radius 1 is 1.00 bits per heavy atom. The molecule has 2 aromatic rings. The summed E-state index contributed by atoms with van der Waals surface area (Å²) in [6, 6.07) is 7.02. The van der Waals surface area contributed by atoms with E-state index in [9.17, 15) is 13.9 Å². The standard InChI is InChI=1S/C17H18F2O/c1-4-5-12-6-7-13(10(2)8-12)15-11(3)9-14(20)16(18)17(15)19/h6-9,20H,4-5H2,1-3H3. The number of halogens is 2. The first kappa shape index (κ1) is 14.5. The summed E-state index contributed by atoms with van der Waals surface area (Å²) in [4.78, 5) is 0. The Morgan fingerprint density at radius 2 is 1.70 bits per heavy atom. The lowest BCUT2D eigenvalue weighted by Gasteiger charge is -2.13. The lowest BCUT2D eigenvalue weighted by molar-refractivity contribution is 0.407. The maximum Gasteiger partial charge on any atom is 0.201 e. The topological polar surface area (TPSA) is 20.2 Å². The molecule has 0 bridgehead atoms. The third kappa shape index (κ3) is 2.53. The van der Waals surface area contributed by atoms with E-state index in [1.165, 1.54) is 11.6 Å². The highest BCUT2D eigenvalue weighted by molar-refractivity contribution is 5.72. The highest BCUT2D eigenvalue weighted by Gasteiger charge is 2.18. The molecule has 0 saturated heterocycles. The fourth-order valence-corrected chi connectivity index (χ4v) is 2.52. The third-order valence-electron chi connectivity index (χ3n) is 3.48. The first-order chi connectivity index (χ1) is 9.45. The van der Waals surface area contributed by atoms with Crippen LogP contribution in [-0.2, 0) is 6.42 Å². The SMILES string of the molecule is CCCc1ccc(-c2c(C)cc(O)c(F)c2F)c(C)c1. The fraction of sp³-hybridized carbons (Fsp3) is 0.294. The van der Waals surface area contributed by atoms with Gasteiger partial charge in [-0.05, 0) is 48.6 Å². The van der Waals surface area contributed by atoms with Crippen LogP contribution in [0.25, 0.3) is 11.1 Å². The van der Waals surface area contributed by atoms with Crippen molar-refractivity contribution in [1.82, 2.24) is 0 Å². The number of hydrogen-bond acceptors (Lipinski definition) is 1. The zero-order valence-corrected chi connectivity index (χ0v) is 11.9. The molecule has 0 unspecified atom stereocenters. The van der Waals surface area contributed by atoms with Crippen LogP contribution in [-0.4, -0.2) is 5.11 Å². The molecule has 106 valence electrons. The van der Waals surface area contributed by atoms with Gasteiger partial charge < -0.3 is 5.11 Å². The monoisotopic (exact) mass is 276 g/mol. The first-order valence-electron chi connectivity index (χ1n) is 6.73. The van der Waals surface area contributed by atoms with Crippen molar-refractivity contribution in [3.05, 3.63) is 52.6 Å². The molecule has 0 amide bonds. The van der Waals surface area contributed by atoms with Gasteiger partial charge in [0, 0.05) is 5.56 Å². The number of aromatic hydroxyl groups is 1. The summed E-state index contributed by atoms with van der Waals surface area (Å²) in [5.41, 5.74) is 3.50.